The first-order chi connectivity index (χ1) is 21.8. The molecule has 0 unspecified atom stereocenters. The molecule has 0 fully saturated rings. The summed E-state index contributed by atoms with van der Waals surface area (Å²) in [5.41, 5.74) is 12.0. The fourth-order valence-electron chi connectivity index (χ4n) is 6.87. The second-order valence-corrected chi connectivity index (χ2v) is 11.4. The van der Waals surface area contributed by atoms with Gasteiger partial charge in [0.25, 0.3) is 0 Å². The number of nitrogens with zero attached hydrogens (tertiary/aromatic N) is 2. The zero-order chi connectivity index (χ0) is 29.0. The molecule has 44 heavy (non-hydrogen) atoms. The zero-order valence-corrected chi connectivity index (χ0v) is 24.1. The fourth-order valence-corrected chi connectivity index (χ4v) is 6.87. The molecule has 206 valence electrons. The molecule has 0 aliphatic carbocycles. The highest BCUT2D eigenvalue weighted by Gasteiger charge is 2.16. The number of rotatable bonds is 4. The van der Waals surface area contributed by atoms with Gasteiger partial charge in [-0.05, 0) is 70.8 Å². The summed E-state index contributed by atoms with van der Waals surface area (Å²) in [5.74, 6) is 0. The highest BCUT2D eigenvalue weighted by atomic mass is 15.0. The van der Waals surface area contributed by atoms with Crippen molar-refractivity contribution in [2.24, 2.45) is 0 Å². The second-order valence-electron chi connectivity index (χ2n) is 11.4. The third kappa shape index (κ3) is 3.82. The zero-order valence-electron chi connectivity index (χ0n) is 24.1. The van der Waals surface area contributed by atoms with E-state index in [1.165, 1.54) is 71.6 Å². The third-order valence-electron chi connectivity index (χ3n) is 8.91. The van der Waals surface area contributed by atoms with Gasteiger partial charge < -0.3 is 9.13 Å². The fraction of sp³-hybridized carbons (Fsp3) is 0. The number of hydrogen-bond donors (Lipinski definition) is 0. The minimum Gasteiger partial charge on any atom is -0.309 e. The van der Waals surface area contributed by atoms with Crippen molar-refractivity contribution in [2.75, 3.05) is 0 Å². The monoisotopic (exact) mass is 560 g/mol. The predicted molar refractivity (Wildman–Crippen MR) is 186 cm³/mol. The van der Waals surface area contributed by atoms with Crippen molar-refractivity contribution in [1.82, 2.24) is 9.13 Å². The van der Waals surface area contributed by atoms with E-state index in [2.05, 4.69) is 179 Å². The van der Waals surface area contributed by atoms with Crippen molar-refractivity contribution < 1.29 is 0 Å². The van der Waals surface area contributed by atoms with Crippen LogP contribution in [0.1, 0.15) is 0 Å². The van der Waals surface area contributed by atoms with E-state index in [-0.39, 0.29) is 0 Å². The third-order valence-corrected chi connectivity index (χ3v) is 8.91. The summed E-state index contributed by atoms with van der Waals surface area (Å²) < 4.78 is 4.80. The van der Waals surface area contributed by atoms with Gasteiger partial charge in [0.15, 0.2) is 0 Å². The van der Waals surface area contributed by atoms with Crippen molar-refractivity contribution in [3.8, 4) is 33.6 Å². The van der Waals surface area contributed by atoms with Crippen LogP contribution in [0.4, 0.5) is 0 Å². The minimum absolute atomic E-state index is 1.16. The average Bonchev–Trinajstić information content (AvgIpc) is 3.61. The molecule has 0 radical (unpaired) electrons. The van der Waals surface area contributed by atoms with E-state index >= 15 is 0 Å². The van der Waals surface area contributed by atoms with E-state index < -0.39 is 0 Å². The van der Waals surface area contributed by atoms with Crippen LogP contribution in [0.5, 0.6) is 0 Å². The van der Waals surface area contributed by atoms with Crippen molar-refractivity contribution in [3.05, 3.63) is 170 Å². The normalized spacial score (nSPS) is 11.6. The van der Waals surface area contributed by atoms with E-state index in [1.807, 2.05) is 0 Å². The lowest BCUT2D eigenvalue weighted by atomic mass is 10.0. The second kappa shape index (κ2) is 9.86. The van der Waals surface area contributed by atoms with Gasteiger partial charge >= 0.3 is 0 Å². The molecule has 2 heteroatoms. The Morgan fingerprint density at radius 2 is 0.614 bits per heavy atom. The summed E-state index contributed by atoms with van der Waals surface area (Å²) in [6.45, 7) is 0. The highest BCUT2D eigenvalue weighted by Crippen LogP contribution is 2.39. The van der Waals surface area contributed by atoms with E-state index in [1.54, 1.807) is 0 Å². The SMILES string of the molecule is c1ccc(-c2ccc3c4ccc(-c5ccc6c7ccccc7n(-c7ccccc7)c6c5)cc4n(-c4ccccc4)c3c2)cc1. The van der Waals surface area contributed by atoms with Crippen LogP contribution in [0.3, 0.4) is 0 Å². The van der Waals surface area contributed by atoms with Gasteiger partial charge in [0.1, 0.15) is 0 Å². The standard InChI is InChI=1S/C42H28N2/c1-4-12-29(13-5-1)30-20-23-37-38-25-22-32(28-42(38)44(41(37)26-30)34-16-8-3-9-17-34)31-21-24-36-35-18-10-11-19-39(35)43(40(36)27-31)33-14-6-2-7-15-33/h1-28H. The summed E-state index contributed by atoms with van der Waals surface area (Å²) in [5, 5.41) is 5.05. The van der Waals surface area contributed by atoms with Gasteiger partial charge in [-0.15, -0.1) is 0 Å². The summed E-state index contributed by atoms with van der Waals surface area (Å²) in [6, 6.07) is 61.4. The number of hydrogen-bond acceptors (Lipinski definition) is 0. The first-order valence-corrected chi connectivity index (χ1v) is 15.1. The van der Waals surface area contributed by atoms with Crippen LogP contribution in [0.15, 0.2) is 170 Å². The number of aromatic nitrogens is 2. The average molecular weight is 561 g/mol. The molecule has 2 nitrogen and oxygen atoms in total. The maximum Gasteiger partial charge on any atom is 0.0547 e. The lowest BCUT2D eigenvalue weighted by Gasteiger charge is -2.11. The molecule has 0 amide bonds. The quantitative estimate of drug-likeness (QED) is 0.203. The summed E-state index contributed by atoms with van der Waals surface area (Å²) in [7, 11) is 0. The molecular weight excluding hydrogens is 532 g/mol. The van der Waals surface area contributed by atoms with Gasteiger partial charge in [-0.25, -0.2) is 0 Å². The molecule has 0 aliphatic heterocycles. The largest absolute Gasteiger partial charge is 0.309 e. The maximum absolute atomic E-state index is 2.42. The lowest BCUT2D eigenvalue weighted by molar-refractivity contribution is 1.18. The van der Waals surface area contributed by atoms with Gasteiger partial charge in [-0.1, -0.05) is 121 Å². The first kappa shape index (κ1) is 24.7. The number of fused-ring (bicyclic) bond motifs is 6. The van der Waals surface area contributed by atoms with Crippen LogP contribution >= 0.6 is 0 Å². The summed E-state index contributed by atoms with van der Waals surface area (Å²) >= 11 is 0. The van der Waals surface area contributed by atoms with Gasteiger partial charge in [-0.3, -0.25) is 0 Å². The molecule has 2 aromatic heterocycles. The number of benzene rings is 7. The van der Waals surface area contributed by atoms with Crippen LogP contribution < -0.4 is 0 Å². The van der Waals surface area contributed by atoms with Crippen LogP contribution in [0.25, 0.3) is 77.2 Å². The molecule has 9 rings (SSSR count). The smallest absolute Gasteiger partial charge is 0.0547 e. The van der Waals surface area contributed by atoms with E-state index in [0.717, 1.165) is 5.69 Å². The molecule has 0 atom stereocenters. The molecule has 0 aliphatic rings. The predicted octanol–water partition coefficient (Wildman–Crippen LogP) is 11.2. The van der Waals surface area contributed by atoms with Crippen LogP contribution in [0.2, 0.25) is 0 Å². The Hall–Kier alpha value is -5.86. The van der Waals surface area contributed by atoms with Crippen molar-refractivity contribution >= 4 is 43.6 Å². The van der Waals surface area contributed by atoms with E-state index in [4.69, 9.17) is 0 Å². The van der Waals surface area contributed by atoms with Crippen molar-refractivity contribution in [2.45, 2.75) is 0 Å². The molecule has 0 saturated carbocycles. The topological polar surface area (TPSA) is 9.86 Å². The Kier molecular flexibility index (Phi) is 5.54. The van der Waals surface area contributed by atoms with Crippen molar-refractivity contribution in [3.63, 3.8) is 0 Å². The van der Waals surface area contributed by atoms with Crippen LogP contribution in [-0.4, -0.2) is 9.13 Å². The molecule has 0 saturated heterocycles. The molecule has 9 aromatic rings. The maximum atomic E-state index is 2.42. The molecule has 0 bridgehead atoms. The summed E-state index contributed by atoms with van der Waals surface area (Å²) in [4.78, 5) is 0. The Morgan fingerprint density at radius 1 is 0.250 bits per heavy atom. The van der Waals surface area contributed by atoms with Gasteiger partial charge in [0, 0.05) is 32.9 Å². The Balaban J connectivity index is 1.29. The summed E-state index contributed by atoms with van der Waals surface area (Å²) in [6.07, 6.45) is 0. The first-order valence-electron chi connectivity index (χ1n) is 15.1. The van der Waals surface area contributed by atoms with Gasteiger partial charge in [0.05, 0.1) is 22.1 Å². The molecule has 2 heterocycles. The molecule has 0 N–H and O–H groups in total. The highest BCUT2D eigenvalue weighted by molar-refractivity contribution is 6.12. The van der Waals surface area contributed by atoms with Crippen molar-refractivity contribution in [1.29, 1.82) is 0 Å². The Bertz CT molecular complexity index is 2470. The van der Waals surface area contributed by atoms with Gasteiger partial charge in [-0.2, -0.15) is 0 Å². The van der Waals surface area contributed by atoms with E-state index in [0.29, 0.717) is 0 Å². The van der Waals surface area contributed by atoms with Crippen LogP contribution in [0, 0.1) is 0 Å². The van der Waals surface area contributed by atoms with Gasteiger partial charge in [0.2, 0.25) is 0 Å². The van der Waals surface area contributed by atoms with E-state index in [9.17, 15) is 0 Å². The number of para-hydroxylation sites is 3. The Morgan fingerprint density at radius 3 is 1.11 bits per heavy atom. The Labute approximate surface area is 255 Å². The lowest BCUT2D eigenvalue weighted by Crippen LogP contribution is -1.94. The molecule has 0 spiro atoms. The minimum atomic E-state index is 1.16. The molecule has 7 aromatic carbocycles. The van der Waals surface area contributed by atoms with Crippen LogP contribution in [-0.2, 0) is 0 Å². The molecular formula is C42H28N2.